The van der Waals surface area contributed by atoms with Gasteiger partial charge < -0.3 is 14.8 Å². The monoisotopic (exact) mass is 346 g/mol. The van der Waals surface area contributed by atoms with Gasteiger partial charge in [0, 0.05) is 42.9 Å². The first kappa shape index (κ1) is 16.4. The van der Waals surface area contributed by atoms with Crippen LogP contribution in [0.2, 0.25) is 0 Å². The standard InChI is InChI=1S/C21H22N4O/c1-16-8-9-17(15-19(16)24-11-2-3-12-24)21(26)23-18-7-6-10-22-20(18)25-13-4-5-14-25/h2-3,6-12,15H,4-5,13-14H2,1H3,(H,23,26). The fourth-order valence-electron chi connectivity index (χ4n) is 3.39. The summed E-state index contributed by atoms with van der Waals surface area (Å²) < 4.78 is 2.02. The lowest BCUT2D eigenvalue weighted by molar-refractivity contribution is 0.102. The number of pyridine rings is 1. The van der Waals surface area contributed by atoms with Crippen molar-refractivity contribution in [2.24, 2.45) is 0 Å². The lowest BCUT2D eigenvalue weighted by Crippen LogP contribution is -2.22. The van der Waals surface area contributed by atoms with Crippen molar-refractivity contribution >= 4 is 17.4 Å². The lowest BCUT2D eigenvalue weighted by atomic mass is 10.1. The lowest BCUT2D eigenvalue weighted by Gasteiger charge is -2.20. The molecule has 132 valence electrons. The third kappa shape index (κ3) is 3.20. The van der Waals surface area contributed by atoms with Crippen LogP contribution in [0.15, 0.2) is 61.1 Å². The number of rotatable bonds is 4. The Kier molecular flexibility index (Phi) is 4.44. The fourth-order valence-corrected chi connectivity index (χ4v) is 3.39. The van der Waals surface area contributed by atoms with Gasteiger partial charge in [0.25, 0.3) is 5.91 Å². The first-order chi connectivity index (χ1) is 12.7. The number of nitrogens with one attached hydrogen (secondary N) is 1. The van der Waals surface area contributed by atoms with Crippen LogP contribution >= 0.6 is 0 Å². The molecule has 26 heavy (non-hydrogen) atoms. The minimum atomic E-state index is -0.119. The topological polar surface area (TPSA) is 50.2 Å². The van der Waals surface area contributed by atoms with Crippen molar-refractivity contribution < 1.29 is 4.79 Å². The SMILES string of the molecule is Cc1ccc(C(=O)Nc2cccnc2N2CCCC2)cc1-n1cccc1. The molecular formula is C21H22N4O. The maximum atomic E-state index is 12.8. The second-order valence-electron chi connectivity index (χ2n) is 6.61. The van der Waals surface area contributed by atoms with Crippen molar-refractivity contribution in [1.82, 2.24) is 9.55 Å². The van der Waals surface area contributed by atoms with E-state index in [0.717, 1.165) is 35.8 Å². The van der Waals surface area contributed by atoms with Gasteiger partial charge in [-0.05, 0) is 61.7 Å². The molecule has 5 nitrogen and oxygen atoms in total. The van der Waals surface area contributed by atoms with Gasteiger partial charge in [0.15, 0.2) is 5.82 Å². The van der Waals surface area contributed by atoms with Crippen LogP contribution in [0.3, 0.4) is 0 Å². The summed E-state index contributed by atoms with van der Waals surface area (Å²) in [7, 11) is 0. The molecule has 2 aromatic heterocycles. The van der Waals surface area contributed by atoms with Gasteiger partial charge >= 0.3 is 0 Å². The molecule has 0 saturated carbocycles. The molecular weight excluding hydrogens is 324 g/mol. The Morgan fingerprint density at radius 1 is 1.08 bits per heavy atom. The van der Waals surface area contributed by atoms with Gasteiger partial charge in [-0.1, -0.05) is 6.07 Å². The molecule has 5 heteroatoms. The Morgan fingerprint density at radius 3 is 2.62 bits per heavy atom. The summed E-state index contributed by atoms with van der Waals surface area (Å²) in [5.41, 5.74) is 3.53. The van der Waals surface area contributed by atoms with E-state index < -0.39 is 0 Å². The Balaban J connectivity index is 1.61. The Morgan fingerprint density at radius 2 is 1.85 bits per heavy atom. The molecule has 1 aromatic carbocycles. The van der Waals surface area contributed by atoms with Crippen molar-refractivity contribution in [1.29, 1.82) is 0 Å². The van der Waals surface area contributed by atoms with E-state index in [-0.39, 0.29) is 5.91 Å². The number of anilines is 2. The molecule has 3 heterocycles. The van der Waals surface area contributed by atoms with E-state index in [1.54, 1.807) is 6.20 Å². The Hall–Kier alpha value is -3.08. The first-order valence-corrected chi connectivity index (χ1v) is 8.98. The summed E-state index contributed by atoms with van der Waals surface area (Å²) in [6, 6.07) is 13.5. The number of nitrogens with zero attached hydrogens (tertiary/aromatic N) is 3. The maximum Gasteiger partial charge on any atom is 0.255 e. The summed E-state index contributed by atoms with van der Waals surface area (Å²) in [6.07, 6.45) is 8.08. The molecule has 0 atom stereocenters. The van der Waals surface area contributed by atoms with Crippen LogP contribution in [0.4, 0.5) is 11.5 Å². The number of carbonyl (C=O) groups excluding carboxylic acids is 1. The van der Waals surface area contributed by atoms with Crippen LogP contribution in [-0.2, 0) is 0 Å². The third-order valence-corrected chi connectivity index (χ3v) is 4.79. The third-order valence-electron chi connectivity index (χ3n) is 4.79. The molecule has 1 amide bonds. The number of carbonyl (C=O) groups is 1. The van der Waals surface area contributed by atoms with Crippen molar-refractivity contribution in [3.05, 3.63) is 72.2 Å². The Bertz CT molecular complexity index is 912. The molecule has 1 fully saturated rings. The summed E-state index contributed by atoms with van der Waals surface area (Å²) in [5.74, 6) is 0.739. The predicted octanol–water partition coefficient (Wildman–Crippen LogP) is 4.03. The van der Waals surface area contributed by atoms with Crippen molar-refractivity contribution in [3.8, 4) is 5.69 Å². The zero-order chi connectivity index (χ0) is 17.9. The zero-order valence-corrected chi connectivity index (χ0v) is 14.9. The van der Waals surface area contributed by atoms with Crippen LogP contribution in [0.1, 0.15) is 28.8 Å². The van der Waals surface area contributed by atoms with Crippen molar-refractivity contribution in [3.63, 3.8) is 0 Å². The minimum absolute atomic E-state index is 0.119. The highest BCUT2D eigenvalue weighted by Crippen LogP contribution is 2.27. The molecule has 3 aromatic rings. The summed E-state index contributed by atoms with van der Waals surface area (Å²) in [6.45, 7) is 4.02. The van der Waals surface area contributed by atoms with E-state index in [9.17, 15) is 4.79 Å². The van der Waals surface area contributed by atoms with Gasteiger partial charge in [-0.15, -0.1) is 0 Å². The van der Waals surface area contributed by atoms with Gasteiger partial charge in [-0.25, -0.2) is 4.98 Å². The van der Waals surface area contributed by atoms with E-state index in [4.69, 9.17) is 0 Å². The normalized spacial score (nSPS) is 13.8. The van der Waals surface area contributed by atoms with Gasteiger partial charge in [0.2, 0.25) is 0 Å². The highest BCUT2D eigenvalue weighted by Gasteiger charge is 2.18. The van der Waals surface area contributed by atoms with Crippen LogP contribution < -0.4 is 10.2 Å². The molecule has 4 rings (SSSR count). The van der Waals surface area contributed by atoms with E-state index in [2.05, 4.69) is 15.2 Å². The second-order valence-corrected chi connectivity index (χ2v) is 6.61. The average molecular weight is 346 g/mol. The average Bonchev–Trinajstić information content (AvgIpc) is 3.36. The van der Waals surface area contributed by atoms with Gasteiger partial charge in [0.1, 0.15) is 0 Å². The van der Waals surface area contributed by atoms with Gasteiger partial charge in [0.05, 0.1) is 5.69 Å². The van der Waals surface area contributed by atoms with Crippen molar-refractivity contribution in [2.45, 2.75) is 19.8 Å². The van der Waals surface area contributed by atoms with E-state index in [1.165, 1.54) is 12.8 Å². The molecule has 0 bridgehead atoms. The molecule has 1 aliphatic heterocycles. The second kappa shape index (κ2) is 7.04. The molecule has 0 aliphatic carbocycles. The van der Waals surface area contributed by atoms with E-state index in [1.807, 2.05) is 66.3 Å². The zero-order valence-electron chi connectivity index (χ0n) is 14.9. The summed E-state index contributed by atoms with van der Waals surface area (Å²) in [5, 5.41) is 3.04. The first-order valence-electron chi connectivity index (χ1n) is 8.98. The number of aryl methyl sites for hydroxylation is 1. The van der Waals surface area contributed by atoms with Crippen LogP contribution in [0.5, 0.6) is 0 Å². The number of benzene rings is 1. The van der Waals surface area contributed by atoms with Gasteiger partial charge in [-0.2, -0.15) is 0 Å². The predicted molar refractivity (Wildman–Crippen MR) is 104 cm³/mol. The van der Waals surface area contributed by atoms with Crippen LogP contribution in [0, 0.1) is 6.92 Å². The Labute approximate surface area is 153 Å². The maximum absolute atomic E-state index is 12.8. The molecule has 1 saturated heterocycles. The summed E-state index contributed by atoms with van der Waals surface area (Å²) in [4.78, 5) is 19.6. The van der Waals surface area contributed by atoms with Crippen LogP contribution in [-0.4, -0.2) is 28.5 Å². The van der Waals surface area contributed by atoms with Crippen LogP contribution in [0.25, 0.3) is 5.69 Å². The van der Waals surface area contributed by atoms with E-state index >= 15 is 0 Å². The molecule has 0 unspecified atom stereocenters. The number of aromatic nitrogens is 2. The van der Waals surface area contributed by atoms with E-state index in [0.29, 0.717) is 5.56 Å². The molecule has 0 spiro atoms. The number of amides is 1. The largest absolute Gasteiger partial charge is 0.355 e. The molecule has 1 aliphatic rings. The number of hydrogen-bond acceptors (Lipinski definition) is 3. The fraction of sp³-hybridized carbons (Fsp3) is 0.238. The quantitative estimate of drug-likeness (QED) is 0.776. The minimum Gasteiger partial charge on any atom is -0.355 e. The molecule has 1 N–H and O–H groups in total. The highest BCUT2D eigenvalue weighted by atomic mass is 16.1. The van der Waals surface area contributed by atoms with Crippen molar-refractivity contribution in [2.75, 3.05) is 23.3 Å². The van der Waals surface area contributed by atoms with Gasteiger partial charge in [-0.3, -0.25) is 4.79 Å². The summed E-state index contributed by atoms with van der Waals surface area (Å²) >= 11 is 0. The molecule has 0 radical (unpaired) electrons. The highest BCUT2D eigenvalue weighted by molar-refractivity contribution is 6.06. The smallest absolute Gasteiger partial charge is 0.255 e. The number of hydrogen-bond donors (Lipinski definition) is 1.